The molecule has 0 amide bonds. The summed E-state index contributed by atoms with van der Waals surface area (Å²) in [7, 11) is -2.95. The fourth-order valence-electron chi connectivity index (χ4n) is 4.09. The van der Waals surface area contributed by atoms with Gasteiger partial charge in [-0.3, -0.25) is 0 Å². The van der Waals surface area contributed by atoms with E-state index >= 15 is 0 Å². The highest BCUT2D eigenvalue weighted by molar-refractivity contribution is 7.88. The van der Waals surface area contributed by atoms with Crippen LogP contribution in [0.3, 0.4) is 0 Å². The molecule has 8 heteroatoms. The molecule has 2 unspecified atom stereocenters. The molecule has 0 aromatic heterocycles. The second-order valence-electron chi connectivity index (χ2n) is 7.86. The van der Waals surface area contributed by atoms with E-state index in [1.165, 1.54) is 6.26 Å². The van der Waals surface area contributed by atoms with Crippen molar-refractivity contribution < 1.29 is 8.42 Å². The normalized spacial score (nSPS) is 19.9. The summed E-state index contributed by atoms with van der Waals surface area (Å²) in [6, 6.07) is 13.1. The molecule has 1 fully saturated rings. The van der Waals surface area contributed by atoms with Crippen molar-refractivity contribution in [3.63, 3.8) is 0 Å². The van der Waals surface area contributed by atoms with Crippen molar-refractivity contribution in [3.05, 3.63) is 68.2 Å². The first-order valence-corrected chi connectivity index (χ1v) is 12.8. The Morgan fingerprint density at radius 1 is 1.23 bits per heavy atom. The van der Waals surface area contributed by atoms with Crippen molar-refractivity contribution in [2.24, 2.45) is 11.8 Å². The highest BCUT2D eigenvalue weighted by atomic mass is 35.5. The monoisotopic (exact) mass is 485 g/mol. The molecule has 1 N–H and O–H groups in total. The van der Waals surface area contributed by atoms with Gasteiger partial charge in [0.25, 0.3) is 0 Å². The molecule has 0 aliphatic carbocycles. The van der Waals surface area contributed by atoms with Gasteiger partial charge in [-0.1, -0.05) is 40.9 Å². The number of nitriles is 1. The number of nitrogens with zero attached hydrogens (tertiary/aromatic N) is 2. The van der Waals surface area contributed by atoms with Gasteiger partial charge in [0.1, 0.15) is 12.3 Å². The Morgan fingerprint density at radius 2 is 2.00 bits per heavy atom. The Labute approximate surface area is 193 Å². The second-order valence-corrected chi connectivity index (χ2v) is 11.2. The molecule has 0 radical (unpaired) electrons. The van der Waals surface area contributed by atoms with Crippen LogP contribution in [0.25, 0.3) is 0 Å². The largest absolute Gasteiger partial charge is 0.342 e. The smallest absolute Gasteiger partial charge is 0.215 e. The number of hydrogen-bond acceptors (Lipinski definition) is 2. The third kappa shape index (κ3) is 5.90. The van der Waals surface area contributed by atoms with Crippen molar-refractivity contribution >= 4 is 44.8 Å². The molecule has 2 aromatic carbocycles. The van der Waals surface area contributed by atoms with E-state index in [-0.39, 0.29) is 11.8 Å². The lowest BCUT2D eigenvalue weighted by molar-refractivity contribution is 0.319. The molecule has 0 saturated carbocycles. The van der Waals surface area contributed by atoms with Crippen LogP contribution < -0.4 is 0 Å². The standard InChI is InChI=1S/C22H23Cl3N2O2S/c1-30(28,29)27-9-8-18(14-27)16(11-19-12-20(23)6-7-21(19)24)4-2-15-3-5-17(13-26)22(25)10-15/h3,5-7,10,12,16,18H,2,4,8-9,11,14H2,1H3/p+1/t16-,18?/m0/s1. The van der Waals surface area contributed by atoms with Crippen LogP contribution in [0.1, 0.15) is 29.5 Å². The van der Waals surface area contributed by atoms with E-state index in [2.05, 4.69) is 6.07 Å². The average Bonchev–Trinajstić information content (AvgIpc) is 3.18. The van der Waals surface area contributed by atoms with E-state index in [9.17, 15) is 8.42 Å². The van der Waals surface area contributed by atoms with Gasteiger partial charge in [0, 0.05) is 23.1 Å². The zero-order valence-corrected chi connectivity index (χ0v) is 19.7. The van der Waals surface area contributed by atoms with Crippen LogP contribution in [-0.4, -0.2) is 32.1 Å². The van der Waals surface area contributed by atoms with Crippen molar-refractivity contribution in [2.45, 2.75) is 25.7 Å². The van der Waals surface area contributed by atoms with Gasteiger partial charge in [-0.25, -0.2) is 4.21 Å². The number of rotatable bonds is 7. The van der Waals surface area contributed by atoms with E-state index < -0.39 is 10.0 Å². The summed E-state index contributed by atoms with van der Waals surface area (Å²) in [5.41, 5.74) is 2.53. The minimum atomic E-state index is -2.95. The molecule has 1 heterocycles. The van der Waals surface area contributed by atoms with Crippen molar-refractivity contribution in [1.82, 2.24) is 4.31 Å². The third-order valence-electron chi connectivity index (χ3n) is 5.78. The van der Waals surface area contributed by atoms with Gasteiger partial charge < -0.3 is 0 Å². The molecule has 30 heavy (non-hydrogen) atoms. The molecule has 2 aromatic rings. The fraction of sp³-hybridized carbons (Fsp3) is 0.409. The Balaban J connectivity index is 1.79. The third-order valence-corrected chi connectivity index (χ3v) is 7.99. The maximum absolute atomic E-state index is 12.1. The first kappa shape index (κ1) is 23.4. The van der Waals surface area contributed by atoms with Crippen LogP contribution in [0.4, 0.5) is 0 Å². The van der Waals surface area contributed by atoms with Crippen molar-refractivity contribution in [1.29, 1.82) is 5.26 Å². The van der Waals surface area contributed by atoms with Crippen LogP contribution in [0.15, 0.2) is 36.4 Å². The summed E-state index contributed by atoms with van der Waals surface area (Å²) >= 11 is 18.8. The summed E-state index contributed by atoms with van der Waals surface area (Å²) in [6.45, 7) is 1.20. The summed E-state index contributed by atoms with van der Waals surface area (Å²) in [5, 5.41) is 10.9. The molecule has 3 atom stereocenters. The Kier molecular flexibility index (Phi) is 7.71. The Morgan fingerprint density at radius 3 is 2.63 bits per heavy atom. The SMILES string of the molecule is CS(=O)(=[OH+])N1CCC([C@@H](CCc2ccc(C#N)c(Cl)c2)Cc2cc(Cl)ccc2Cl)C1. The second kappa shape index (κ2) is 9.89. The lowest BCUT2D eigenvalue weighted by Crippen LogP contribution is -2.29. The summed E-state index contributed by atoms with van der Waals surface area (Å²) in [4.78, 5) is 0. The molecular formula is C22H24Cl3N2O2S+. The van der Waals surface area contributed by atoms with Gasteiger partial charge in [0.05, 0.1) is 10.6 Å². The molecule has 4 nitrogen and oxygen atoms in total. The molecular weight excluding hydrogens is 463 g/mol. The maximum Gasteiger partial charge on any atom is 0.342 e. The lowest BCUT2D eigenvalue weighted by atomic mass is 9.82. The lowest BCUT2D eigenvalue weighted by Gasteiger charge is -2.24. The predicted molar refractivity (Wildman–Crippen MR) is 124 cm³/mol. The Hall–Kier alpha value is -1.29. The van der Waals surface area contributed by atoms with Gasteiger partial charge in [-0.05, 0) is 79.0 Å². The molecule has 0 bridgehead atoms. The topological polar surface area (TPSA) is 65.5 Å². The van der Waals surface area contributed by atoms with E-state index in [4.69, 9.17) is 40.1 Å². The number of hydrogen-bond donors (Lipinski definition) is 0. The summed E-state index contributed by atoms with van der Waals surface area (Å²) in [5.74, 6) is 0.545. The van der Waals surface area contributed by atoms with Gasteiger partial charge >= 0.3 is 10.0 Å². The molecule has 1 aliphatic rings. The molecule has 3 rings (SSSR count). The zero-order chi connectivity index (χ0) is 21.9. The average molecular weight is 487 g/mol. The van der Waals surface area contributed by atoms with Crippen LogP contribution in [0.5, 0.6) is 0 Å². The molecule has 160 valence electrons. The van der Waals surface area contributed by atoms with Gasteiger partial charge in [0.15, 0.2) is 0 Å². The van der Waals surface area contributed by atoms with Crippen LogP contribution >= 0.6 is 34.8 Å². The number of benzene rings is 2. The quantitative estimate of drug-likeness (QED) is 0.468. The van der Waals surface area contributed by atoms with E-state index in [1.54, 1.807) is 16.4 Å². The maximum atomic E-state index is 12.1. The minimum Gasteiger partial charge on any atom is -0.215 e. The molecule has 1 aliphatic heterocycles. The summed E-state index contributed by atoms with van der Waals surface area (Å²) < 4.78 is 23.7. The molecule has 0 spiro atoms. The number of aryl methyl sites for hydroxylation is 1. The van der Waals surface area contributed by atoms with Crippen molar-refractivity contribution in [3.8, 4) is 6.07 Å². The first-order valence-electron chi connectivity index (χ1n) is 9.76. The summed E-state index contributed by atoms with van der Waals surface area (Å²) in [6.07, 6.45) is 4.66. The van der Waals surface area contributed by atoms with E-state index in [0.717, 1.165) is 36.8 Å². The molecule has 1 saturated heterocycles. The fourth-order valence-corrected chi connectivity index (χ4v) is 5.64. The van der Waals surface area contributed by atoms with Gasteiger partial charge in [0.2, 0.25) is 0 Å². The predicted octanol–water partition coefficient (Wildman–Crippen LogP) is 5.75. The van der Waals surface area contributed by atoms with Gasteiger partial charge in [-0.2, -0.15) is 13.8 Å². The minimum absolute atomic E-state index is 0.266. The zero-order valence-electron chi connectivity index (χ0n) is 16.7. The van der Waals surface area contributed by atoms with Crippen LogP contribution in [0.2, 0.25) is 15.1 Å². The van der Waals surface area contributed by atoms with E-state index in [1.807, 2.05) is 24.3 Å². The van der Waals surface area contributed by atoms with Crippen molar-refractivity contribution in [2.75, 3.05) is 19.3 Å². The first-order chi connectivity index (χ1) is 14.2. The van der Waals surface area contributed by atoms with Gasteiger partial charge in [-0.15, -0.1) is 0 Å². The highest BCUT2D eigenvalue weighted by Gasteiger charge is 2.35. The Bertz CT molecular complexity index is 1070. The van der Waals surface area contributed by atoms with Crippen LogP contribution in [-0.2, 0) is 22.9 Å². The number of halogens is 3. The van der Waals surface area contributed by atoms with E-state index in [0.29, 0.717) is 33.7 Å². The van der Waals surface area contributed by atoms with Crippen LogP contribution in [0, 0.1) is 23.2 Å². The highest BCUT2D eigenvalue weighted by Crippen LogP contribution is 2.34.